The second kappa shape index (κ2) is 8.56. The number of piperidine rings is 1. The number of hydrogen-bond donors (Lipinski definition) is 1. The third kappa shape index (κ3) is 4.21. The van der Waals surface area contributed by atoms with Crippen molar-refractivity contribution >= 4 is 36.5 Å². The highest BCUT2D eigenvalue weighted by Crippen LogP contribution is 2.28. The standard InChI is InChI=1S/C18H26N4O.2ClH/c1-13-4-6-21(7-5-13)17-3-2-14(10-20-17)18(23)22-11-15-8-19-9-16(15)12-22;;/h2-3,10,13,15-16,19H,4-9,11-12H2,1H3;2*1H/t15-,16+;;. The third-order valence-electron chi connectivity index (χ3n) is 5.78. The first-order valence-electron chi connectivity index (χ1n) is 8.91. The van der Waals surface area contributed by atoms with Crippen LogP contribution >= 0.6 is 24.8 Å². The average molecular weight is 387 g/mol. The van der Waals surface area contributed by atoms with E-state index in [0.717, 1.165) is 56.6 Å². The Morgan fingerprint density at radius 1 is 1.12 bits per heavy atom. The Labute approximate surface area is 162 Å². The minimum absolute atomic E-state index is 0. The van der Waals surface area contributed by atoms with Gasteiger partial charge in [0.25, 0.3) is 5.91 Å². The van der Waals surface area contributed by atoms with Gasteiger partial charge in [-0.25, -0.2) is 4.98 Å². The molecule has 7 heteroatoms. The van der Waals surface area contributed by atoms with Crippen molar-refractivity contribution in [3.63, 3.8) is 0 Å². The smallest absolute Gasteiger partial charge is 0.255 e. The molecule has 0 spiro atoms. The summed E-state index contributed by atoms with van der Waals surface area (Å²) >= 11 is 0. The van der Waals surface area contributed by atoms with Crippen LogP contribution in [0.4, 0.5) is 5.82 Å². The molecule has 25 heavy (non-hydrogen) atoms. The molecule has 3 aliphatic rings. The van der Waals surface area contributed by atoms with Gasteiger partial charge in [-0.05, 0) is 42.7 Å². The maximum Gasteiger partial charge on any atom is 0.255 e. The third-order valence-corrected chi connectivity index (χ3v) is 5.78. The molecular weight excluding hydrogens is 359 g/mol. The van der Waals surface area contributed by atoms with E-state index in [1.54, 1.807) is 6.20 Å². The van der Waals surface area contributed by atoms with E-state index in [1.807, 2.05) is 17.0 Å². The molecule has 3 fully saturated rings. The van der Waals surface area contributed by atoms with Crippen LogP contribution in [0.3, 0.4) is 0 Å². The second-order valence-electron chi connectivity index (χ2n) is 7.46. The number of hydrogen-bond acceptors (Lipinski definition) is 4. The molecule has 0 aliphatic carbocycles. The summed E-state index contributed by atoms with van der Waals surface area (Å²) in [7, 11) is 0. The topological polar surface area (TPSA) is 48.5 Å². The van der Waals surface area contributed by atoms with Gasteiger partial charge in [0.15, 0.2) is 0 Å². The summed E-state index contributed by atoms with van der Waals surface area (Å²) in [5, 5.41) is 3.41. The van der Waals surface area contributed by atoms with Gasteiger partial charge in [0.05, 0.1) is 5.56 Å². The van der Waals surface area contributed by atoms with Gasteiger partial charge in [-0.3, -0.25) is 4.79 Å². The van der Waals surface area contributed by atoms with E-state index < -0.39 is 0 Å². The lowest BCUT2D eigenvalue weighted by Gasteiger charge is -2.31. The van der Waals surface area contributed by atoms with Crippen LogP contribution in [0.5, 0.6) is 0 Å². The lowest BCUT2D eigenvalue weighted by Crippen LogP contribution is -2.34. The molecule has 4 heterocycles. The molecule has 0 bridgehead atoms. The Hall–Kier alpha value is -1.04. The average Bonchev–Trinajstić information content (AvgIpc) is 3.17. The monoisotopic (exact) mass is 386 g/mol. The van der Waals surface area contributed by atoms with Crippen LogP contribution in [-0.2, 0) is 0 Å². The molecule has 0 unspecified atom stereocenters. The quantitative estimate of drug-likeness (QED) is 0.847. The van der Waals surface area contributed by atoms with E-state index in [9.17, 15) is 4.79 Å². The predicted molar refractivity (Wildman–Crippen MR) is 105 cm³/mol. The van der Waals surface area contributed by atoms with Crippen LogP contribution < -0.4 is 10.2 Å². The lowest BCUT2D eigenvalue weighted by atomic mass is 9.99. The molecule has 3 aliphatic heterocycles. The van der Waals surface area contributed by atoms with Crippen molar-refractivity contribution in [1.29, 1.82) is 0 Å². The molecule has 2 atom stereocenters. The van der Waals surface area contributed by atoms with Crippen molar-refractivity contribution in [2.75, 3.05) is 44.2 Å². The van der Waals surface area contributed by atoms with Crippen molar-refractivity contribution < 1.29 is 4.79 Å². The highest BCUT2D eigenvalue weighted by atomic mass is 35.5. The number of rotatable bonds is 2. The Morgan fingerprint density at radius 2 is 1.76 bits per heavy atom. The molecule has 5 nitrogen and oxygen atoms in total. The Kier molecular flexibility index (Phi) is 6.94. The SMILES string of the molecule is CC1CCN(c2ccc(C(=O)N3C[C@H]4CNC[C@H]4C3)cn2)CC1.Cl.Cl. The minimum atomic E-state index is 0. The maximum atomic E-state index is 12.7. The van der Waals surface area contributed by atoms with Crippen LogP contribution in [0.15, 0.2) is 18.3 Å². The minimum Gasteiger partial charge on any atom is -0.357 e. The number of pyridine rings is 1. The normalized spacial score (nSPS) is 26.0. The molecule has 0 saturated carbocycles. The predicted octanol–water partition coefficient (Wildman–Crippen LogP) is 2.45. The number of aromatic nitrogens is 1. The second-order valence-corrected chi connectivity index (χ2v) is 7.46. The van der Waals surface area contributed by atoms with Crippen molar-refractivity contribution in [2.45, 2.75) is 19.8 Å². The number of nitrogens with zero attached hydrogens (tertiary/aromatic N) is 3. The van der Waals surface area contributed by atoms with E-state index >= 15 is 0 Å². The largest absolute Gasteiger partial charge is 0.357 e. The number of carbonyl (C=O) groups is 1. The highest BCUT2D eigenvalue weighted by molar-refractivity contribution is 5.94. The van der Waals surface area contributed by atoms with E-state index in [-0.39, 0.29) is 30.7 Å². The molecule has 140 valence electrons. The summed E-state index contributed by atoms with van der Waals surface area (Å²) in [5.41, 5.74) is 0.729. The van der Waals surface area contributed by atoms with Crippen LogP contribution in [0.25, 0.3) is 0 Å². The number of nitrogens with one attached hydrogen (secondary N) is 1. The zero-order chi connectivity index (χ0) is 15.8. The molecular formula is C18H28Cl2N4O. The van der Waals surface area contributed by atoms with Crippen molar-refractivity contribution in [3.8, 4) is 0 Å². The number of anilines is 1. The first-order chi connectivity index (χ1) is 11.2. The van der Waals surface area contributed by atoms with Crippen LogP contribution in [0, 0.1) is 17.8 Å². The van der Waals surface area contributed by atoms with Gasteiger partial charge in [-0.1, -0.05) is 6.92 Å². The Balaban J connectivity index is 0.00000113. The summed E-state index contributed by atoms with van der Waals surface area (Å²) in [6.45, 7) is 8.35. The summed E-state index contributed by atoms with van der Waals surface area (Å²) in [4.78, 5) is 21.6. The van der Waals surface area contributed by atoms with E-state index in [4.69, 9.17) is 0 Å². The highest BCUT2D eigenvalue weighted by Gasteiger charge is 2.38. The molecule has 3 saturated heterocycles. The fourth-order valence-electron chi connectivity index (χ4n) is 4.14. The zero-order valence-corrected chi connectivity index (χ0v) is 16.3. The van der Waals surface area contributed by atoms with Crippen LogP contribution in [-0.4, -0.2) is 55.1 Å². The van der Waals surface area contributed by atoms with Gasteiger partial charge in [0.2, 0.25) is 0 Å². The van der Waals surface area contributed by atoms with E-state index in [0.29, 0.717) is 11.8 Å². The molecule has 0 aromatic carbocycles. The number of amides is 1. The van der Waals surface area contributed by atoms with Crippen LogP contribution in [0.2, 0.25) is 0 Å². The number of carbonyl (C=O) groups excluding carboxylic acids is 1. The summed E-state index contributed by atoms with van der Waals surface area (Å²) in [5.74, 6) is 3.25. The van der Waals surface area contributed by atoms with Crippen molar-refractivity contribution in [3.05, 3.63) is 23.9 Å². The number of halogens is 2. The summed E-state index contributed by atoms with van der Waals surface area (Å²) in [6, 6.07) is 3.97. The molecule has 1 aromatic heterocycles. The van der Waals surface area contributed by atoms with Crippen LogP contribution in [0.1, 0.15) is 30.1 Å². The molecule has 0 radical (unpaired) electrons. The first-order valence-corrected chi connectivity index (χ1v) is 8.91. The summed E-state index contributed by atoms with van der Waals surface area (Å²) in [6.07, 6.45) is 4.22. The summed E-state index contributed by atoms with van der Waals surface area (Å²) < 4.78 is 0. The molecule has 1 N–H and O–H groups in total. The van der Waals surface area contributed by atoms with Crippen molar-refractivity contribution in [2.24, 2.45) is 17.8 Å². The maximum absolute atomic E-state index is 12.7. The number of likely N-dealkylation sites (tertiary alicyclic amines) is 1. The van der Waals surface area contributed by atoms with Gasteiger partial charge in [0.1, 0.15) is 5.82 Å². The van der Waals surface area contributed by atoms with E-state index in [1.165, 1.54) is 12.8 Å². The zero-order valence-electron chi connectivity index (χ0n) is 14.7. The lowest BCUT2D eigenvalue weighted by molar-refractivity contribution is 0.0781. The van der Waals surface area contributed by atoms with Gasteiger partial charge >= 0.3 is 0 Å². The van der Waals surface area contributed by atoms with Gasteiger partial charge in [0, 0.05) is 45.5 Å². The van der Waals surface area contributed by atoms with Crippen molar-refractivity contribution in [1.82, 2.24) is 15.2 Å². The molecule has 1 aromatic rings. The number of fused-ring (bicyclic) bond motifs is 1. The van der Waals surface area contributed by atoms with E-state index in [2.05, 4.69) is 22.1 Å². The fraction of sp³-hybridized carbons (Fsp3) is 0.667. The van der Waals surface area contributed by atoms with Gasteiger partial charge in [-0.2, -0.15) is 0 Å². The van der Waals surface area contributed by atoms with Gasteiger partial charge < -0.3 is 15.1 Å². The van der Waals surface area contributed by atoms with Gasteiger partial charge in [-0.15, -0.1) is 24.8 Å². The molecule has 4 rings (SSSR count). The molecule has 1 amide bonds. The fourth-order valence-corrected chi connectivity index (χ4v) is 4.14. The Morgan fingerprint density at radius 3 is 2.32 bits per heavy atom. The first kappa shape index (κ1) is 20.3. The Bertz CT molecular complexity index is 563.